The first-order valence-corrected chi connectivity index (χ1v) is 14.4. The molecule has 4 unspecified atom stereocenters. The van der Waals surface area contributed by atoms with Gasteiger partial charge in [-0.1, -0.05) is 19.1 Å². The van der Waals surface area contributed by atoms with Gasteiger partial charge in [0.1, 0.15) is 18.2 Å². The molecule has 1 aromatic carbocycles. The number of amides is 1. The van der Waals surface area contributed by atoms with Crippen LogP contribution in [0.5, 0.6) is 0 Å². The van der Waals surface area contributed by atoms with Crippen molar-refractivity contribution in [2.45, 2.75) is 70.1 Å². The molecule has 5 aliphatic heterocycles. The van der Waals surface area contributed by atoms with E-state index in [-0.39, 0.29) is 37.0 Å². The number of nitrogens with one attached hydrogen (secondary N) is 5. The molecule has 1 saturated carbocycles. The van der Waals surface area contributed by atoms with Gasteiger partial charge in [0.05, 0.1) is 36.4 Å². The average molecular weight is 525 g/mol. The van der Waals surface area contributed by atoms with Crippen LogP contribution < -0.4 is 31.5 Å². The van der Waals surface area contributed by atoms with Crippen molar-refractivity contribution in [3.05, 3.63) is 35.8 Å². The third-order valence-electron chi connectivity index (χ3n) is 8.63. The fourth-order valence-corrected chi connectivity index (χ4v) is 6.39. The zero-order valence-electron chi connectivity index (χ0n) is 22.1. The summed E-state index contributed by atoms with van der Waals surface area (Å²) in [5, 5.41) is 18.5. The van der Waals surface area contributed by atoms with Gasteiger partial charge in [0, 0.05) is 32.1 Å². The molecule has 0 spiro atoms. The maximum atomic E-state index is 12.4. The lowest BCUT2D eigenvalue weighted by Crippen LogP contribution is -2.68. The summed E-state index contributed by atoms with van der Waals surface area (Å²) < 4.78 is 12.2. The second-order valence-corrected chi connectivity index (χ2v) is 11.1. The number of carbonyl (C=O) groups excluding carboxylic acids is 1. The fourth-order valence-electron chi connectivity index (χ4n) is 6.39. The van der Waals surface area contributed by atoms with Gasteiger partial charge in [-0.3, -0.25) is 15.0 Å². The summed E-state index contributed by atoms with van der Waals surface area (Å²) in [6.45, 7) is 7.00. The van der Waals surface area contributed by atoms with Crippen LogP contribution in [-0.4, -0.2) is 86.2 Å². The lowest BCUT2D eigenvalue weighted by Gasteiger charge is -2.45. The van der Waals surface area contributed by atoms with Gasteiger partial charge in [-0.05, 0) is 44.2 Å². The summed E-state index contributed by atoms with van der Waals surface area (Å²) in [7, 11) is 0. The summed E-state index contributed by atoms with van der Waals surface area (Å²) in [4.78, 5) is 19.3. The highest BCUT2D eigenvalue weighted by Crippen LogP contribution is 2.37. The number of para-hydroxylation sites is 2. The zero-order valence-corrected chi connectivity index (χ0v) is 22.1. The first-order valence-electron chi connectivity index (χ1n) is 14.4. The molecule has 206 valence electrons. The molecule has 38 heavy (non-hydrogen) atoms. The monoisotopic (exact) mass is 524 g/mol. The molecule has 7 rings (SSSR count). The molecule has 11 nitrogen and oxygen atoms in total. The molecule has 0 bridgehead atoms. The highest BCUT2D eigenvalue weighted by Gasteiger charge is 2.44. The van der Waals surface area contributed by atoms with Gasteiger partial charge in [-0.2, -0.15) is 0 Å². The quantitative estimate of drug-likeness (QED) is 0.368. The van der Waals surface area contributed by atoms with E-state index in [1.807, 2.05) is 4.90 Å². The zero-order chi connectivity index (χ0) is 25.6. The number of rotatable bonds is 6. The number of ether oxygens (including phenoxy) is 2. The Labute approximate surface area is 224 Å². The van der Waals surface area contributed by atoms with E-state index in [1.54, 1.807) is 0 Å². The van der Waals surface area contributed by atoms with Crippen molar-refractivity contribution in [1.82, 2.24) is 31.1 Å². The van der Waals surface area contributed by atoms with Crippen LogP contribution in [0.2, 0.25) is 0 Å². The molecular weight excluding hydrogens is 484 g/mol. The maximum Gasteiger partial charge on any atom is 0.225 e. The summed E-state index contributed by atoms with van der Waals surface area (Å²) in [6.07, 6.45) is 4.75. The number of nitrogens with zero attached hydrogens (tertiary/aromatic N) is 3. The molecule has 5 N–H and O–H groups in total. The van der Waals surface area contributed by atoms with Crippen LogP contribution in [0, 0.1) is 5.92 Å². The Kier molecular flexibility index (Phi) is 6.47. The minimum atomic E-state index is -0.307. The van der Waals surface area contributed by atoms with E-state index in [0.29, 0.717) is 5.91 Å². The Morgan fingerprint density at radius 1 is 1.00 bits per heavy atom. The molecule has 11 heteroatoms. The SMILES string of the molecule is CCC1Nc2ccccc2N1C1NC2=C(NC(OC3CCN(C(=O)C4CC4)CC3)N2)C(N2CCOCC2)N1. The number of likely N-dealkylation sites (tertiary alicyclic amines) is 1. The van der Waals surface area contributed by atoms with Crippen LogP contribution in [0.25, 0.3) is 0 Å². The van der Waals surface area contributed by atoms with Crippen molar-refractivity contribution >= 4 is 17.3 Å². The first kappa shape index (κ1) is 24.3. The number of hydrogen-bond acceptors (Lipinski definition) is 10. The Morgan fingerprint density at radius 2 is 1.79 bits per heavy atom. The second-order valence-electron chi connectivity index (χ2n) is 11.1. The average Bonchev–Trinajstić information content (AvgIpc) is 3.62. The normalized spacial score (nSPS) is 31.7. The van der Waals surface area contributed by atoms with Gasteiger partial charge < -0.3 is 40.5 Å². The molecule has 0 aromatic heterocycles. The number of benzene rings is 1. The number of hydrogen-bond donors (Lipinski definition) is 5. The molecule has 1 amide bonds. The molecule has 6 aliphatic rings. The van der Waals surface area contributed by atoms with Crippen LogP contribution >= 0.6 is 0 Å². The van der Waals surface area contributed by atoms with Crippen LogP contribution in [-0.2, 0) is 14.3 Å². The van der Waals surface area contributed by atoms with Crippen LogP contribution in [0.3, 0.4) is 0 Å². The Bertz CT molecular complexity index is 1070. The summed E-state index contributed by atoms with van der Waals surface area (Å²) in [6, 6.07) is 8.51. The standard InChI is InChI=1S/C27H40N8O3/c1-2-21-28-19-5-3-4-6-20(19)35(21)26-30-23-22(24(32-26)33-13-15-37-16-14-33)29-27(31-23)38-18-9-11-34(12-10-18)25(36)17-7-8-17/h3-6,17-18,21,24,26-32H,2,7-16H2,1H3. The smallest absolute Gasteiger partial charge is 0.225 e. The molecule has 3 fully saturated rings. The van der Waals surface area contributed by atoms with Crippen molar-refractivity contribution in [3.63, 3.8) is 0 Å². The van der Waals surface area contributed by atoms with E-state index >= 15 is 0 Å². The lowest BCUT2D eigenvalue weighted by molar-refractivity contribution is -0.136. The number of anilines is 2. The van der Waals surface area contributed by atoms with Gasteiger partial charge in [0.15, 0.2) is 6.29 Å². The van der Waals surface area contributed by atoms with E-state index in [9.17, 15) is 4.79 Å². The third-order valence-corrected chi connectivity index (χ3v) is 8.63. The van der Waals surface area contributed by atoms with Crippen molar-refractivity contribution in [1.29, 1.82) is 0 Å². The van der Waals surface area contributed by atoms with Gasteiger partial charge in [0.25, 0.3) is 0 Å². The predicted molar refractivity (Wildman–Crippen MR) is 143 cm³/mol. The third kappa shape index (κ3) is 4.55. The van der Waals surface area contributed by atoms with Crippen LogP contribution in [0.15, 0.2) is 35.8 Å². The molecule has 0 radical (unpaired) electrons. The molecule has 4 atom stereocenters. The van der Waals surface area contributed by atoms with E-state index in [1.165, 1.54) is 5.69 Å². The molecule has 1 aliphatic carbocycles. The highest BCUT2D eigenvalue weighted by atomic mass is 16.5. The summed E-state index contributed by atoms with van der Waals surface area (Å²) in [5.41, 5.74) is 3.44. The minimum Gasteiger partial charge on any atom is -0.379 e. The lowest BCUT2D eigenvalue weighted by atomic mass is 10.1. The van der Waals surface area contributed by atoms with E-state index < -0.39 is 0 Å². The number of carbonyl (C=O) groups is 1. The van der Waals surface area contributed by atoms with Gasteiger partial charge >= 0.3 is 0 Å². The minimum absolute atomic E-state index is 0.00419. The van der Waals surface area contributed by atoms with Crippen molar-refractivity contribution in [2.24, 2.45) is 5.92 Å². The number of morpholine rings is 1. The Balaban J connectivity index is 1.06. The largest absolute Gasteiger partial charge is 0.379 e. The fraction of sp³-hybridized carbons (Fsp3) is 0.667. The van der Waals surface area contributed by atoms with Gasteiger partial charge in [-0.15, -0.1) is 0 Å². The van der Waals surface area contributed by atoms with Crippen molar-refractivity contribution in [2.75, 3.05) is 49.6 Å². The Hall–Kier alpha value is -2.73. The molecule has 1 aromatic rings. The highest BCUT2D eigenvalue weighted by molar-refractivity contribution is 5.81. The first-order chi connectivity index (χ1) is 18.7. The van der Waals surface area contributed by atoms with Crippen molar-refractivity contribution in [3.8, 4) is 0 Å². The van der Waals surface area contributed by atoms with Gasteiger partial charge in [0.2, 0.25) is 12.3 Å². The predicted octanol–water partition coefficient (Wildman–Crippen LogP) is 0.852. The summed E-state index contributed by atoms with van der Waals surface area (Å²) in [5.74, 6) is 1.61. The molecular formula is C27H40N8O3. The molecule has 2 saturated heterocycles. The topological polar surface area (TPSA) is 105 Å². The number of piperidine rings is 1. The maximum absolute atomic E-state index is 12.4. The Morgan fingerprint density at radius 3 is 2.55 bits per heavy atom. The summed E-state index contributed by atoms with van der Waals surface area (Å²) >= 11 is 0. The van der Waals surface area contributed by atoms with E-state index in [2.05, 4.69) is 67.6 Å². The number of fused-ring (bicyclic) bond motifs is 1. The van der Waals surface area contributed by atoms with Crippen LogP contribution in [0.1, 0.15) is 39.0 Å². The van der Waals surface area contributed by atoms with Crippen LogP contribution in [0.4, 0.5) is 11.4 Å². The van der Waals surface area contributed by atoms with Gasteiger partial charge in [-0.25, -0.2) is 0 Å². The second kappa shape index (κ2) is 10.1. The van der Waals surface area contributed by atoms with E-state index in [0.717, 1.165) is 88.7 Å². The van der Waals surface area contributed by atoms with E-state index in [4.69, 9.17) is 9.47 Å². The molecule has 5 heterocycles. The van der Waals surface area contributed by atoms with Crippen molar-refractivity contribution < 1.29 is 14.3 Å².